The van der Waals surface area contributed by atoms with Gasteiger partial charge in [-0.3, -0.25) is 9.80 Å². The number of carbonyl (C=O) groups excluding carboxylic acids is 1. The van der Waals surface area contributed by atoms with Gasteiger partial charge in [0, 0.05) is 6.08 Å². The highest BCUT2D eigenvalue weighted by Gasteiger charge is 2.40. The van der Waals surface area contributed by atoms with E-state index in [2.05, 4.69) is 15.7 Å². The first-order valence-electron chi connectivity index (χ1n) is 4.66. The van der Waals surface area contributed by atoms with Crippen LogP contribution in [0, 0.1) is 0 Å². The van der Waals surface area contributed by atoms with Crippen molar-refractivity contribution in [3.05, 3.63) is 11.8 Å². The maximum Gasteiger partial charge on any atom is 0.452 e. The Morgan fingerprint density at radius 1 is 1.40 bits per heavy atom. The van der Waals surface area contributed by atoms with Gasteiger partial charge in [0.25, 0.3) is 3.79 Å². The Labute approximate surface area is 127 Å². The predicted molar refractivity (Wildman–Crippen MR) is 69.0 cm³/mol. The summed E-state index contributed by atoms with van der Waals surface area (Å²) < 4.78 is 39.8. The van der Waals surface area contributed by atoms with Crippen molar-refractivity contribution in [3.8, 4) is 0 Å². The normalized spacial score (nSPS) is 14.2. The zero-order valence-corrected chi connectivity index (χ0v) is 12.2. The molecule has 0 heterocycles. The van der Waals surface area contributed by atoms with E-state index in [0.717, 1.165) is 7.11 Å². The van der Waals surface area contributed by atoms with Crippen LogP contribution < -0.4 is 11.7 Å². The number of carbonyl (C=O) groups is 1. The fourth-order valence-corrected chi connectivity index (χ4v) is 1.11. The first kappa shape index (κ1) is 19.1. The number of ether oxygens (including phenoxy) is 1. The van der Waals surface area contributed by atoms with Gasteiger partial charge in [-0.15, -0.1) is 0 Å². The minimum atomic E-state index is -4.87. The third-order valence-electron chi connectivity index (χ3n) is 1.81. The number of hydrogen-bond donors (Lipinski definition) is 2. The lowest BCUT2D eigenvalue weighted by Crippen LogP contribution is -2.47. The molecule has 0 fully saturated rings. The van der Waals surface area contributed by atoms with E-state index in [1.807, 2.05) is 0 Å². The SMILES string of the molecule is CO/C(=C/C(=O)C(Cl)(Cl)Cl)CN(N)/C(=N\N)C(F)(F)F. The van der Waals surface area contributed by atoms with E-state index in [1.54, 1.807) is 0 Å². The summed E-state index contributed by atoms with van der Waals surface area (Å²) >= 11 is 15.9. The number of hydrogen-bond acceptors (Lipinski definition) is 5. The largest absolute Gasteiger partial charge is 0.499 e. The van der Waals surface area contributed by atoms with E-state index >= 15 is 0 Å². The van der Waals surface area contributed by atoms with Crippen LogP contribution in [-0.4, -0.2) is 40.3 Å². The molecule has 0 aromatic heterocycles. The summed E-state index contributed by atoms with van der Waals surface area (Å²) in [4.78, 5) is 11.4. The number of methoxy groups -OCH3 is 1. The summed E-state index contributed by atoms with van der Waals surface area (Å²) in [5.74, 6) is 6.89. The van der Waals surface area contributed by atoms with Crippen LogP contribution in [0.1, 0.15) is 0 Å². The Bertz CT molecular complexity index is 420. The highest BCUT2D eigenvalue weighted by atomic mass is 35.6. The first-order valence-corrected chi connectivity index (χ1v) is 5.80. The lowest BCUT2D eigenvalue weighted by molar-refractivity contribution is -0.114. The quantitative estimate of drug-likeness (QED) is 0.151. The molecule has 0 atom stereocenters. The number of hydrazine groups is 1. The van der Waals surface area contributed by atoms with Crippen LogP contribution in [0.4, 0.5) is 13.2 Å². The van der Waals surface area contributed by atoms with Crippen molar-refractivity contribution in [1.29, 1.82) is 0 Å². The van der Waals surface area contributed by atoms with E-state index < -0.39 is 28.1 Å². The Kier molecular flexibility index (Phi) is 6.88. The molecule has 0 bridgehead atoms. The number of amidine groups is 1. The van der Waals surface area contributed by atoms with Crippen LogP contribution in [0.25, 0.3) is 0 Å². The maximum absolute atomic E-state index is 12.5. The molecule has 6 nitrogen and oxygen atoms in total. The number of nitrogens with two attached hydrogens (primary N) is 2. The third kappa shape index (κ3) is 6.04. The molecule has 0 saturated carbocycles. The summed E-state index contributed by atoms with van der Waals surface area (Å²) in [5, 5.41) is 2.66. The second kappa shape index (κ2) is 7.21. The zero-order chi connectivity index (χ0) is 16.1. The Morgan fingerprint density at radius 3 is 2.20 bits per heavy atom. The number of allylic oxidation sites excluding steroid dienone is 1. The van der Waals surface area contributed by atoms with Crippen molar-refractivity contribution in [2.24, 2.45) is 16.8 Å². The third-order valence-corrected chi connectivity index (χ3v) is 2.37. The molecular formula is C8H10Cl3F3N4O2. The van der Waals surface area contributed by atoms with Crippen molar-refractivity contribution in [3.63, 3.8) is 0 Å². The molecule has 0 aliphatic heterocycles. The Balaban J connectivity index is 5.08. The Morgan fingerprint density at radius 2 is 1.90 bits per heavy atom. The van der Waals surface area contributed by atoms with Crippen molar-refractivity contribution in [1.82, 2.24) is 5.01 Å². The van der Waals surface area contributed by atoms with E-state index in [0.29, 0.717) is 6.08 Å². The van der Waals surface area contributed by atoms with Gasteiger partial charge in [-0.05, 0) is 0 Å². The molecule has 12 heteroatoms. The fraction of sp³-hybridized carbons (Fsp3) is 0.500. The van der Waals surface area contributed by atoms with Gasteiger partial charge in [0.15, 0.2) is 0 Å². The van der Waals surface area contributed by atoms with Crippen LogP contribution in [0.15, 0.2) is 16.9 Å². The number of rotatable bonds is 4. The molecule has 4 N–H and O–H groups in total. The van der Waals surface area contributed by atoms with Crippen molar-refractivity contribution >= 4 is 46.4 Å². The van der Waals surface area contributed by atoms with Crippen LogP contribution in [-0.2, 0) is 9.53 Å². The molecule has 116 valence electrons. The molecule has 0 rings (SSSR count). The van der Waals surface area contributed by atoms with Crippen LogP contribution in [0.3, 0.4) is 0 Å². The van der Waals surface area contributed by atoms with E-state index in [9.17, 15) is 18.0 Å². The van der Waals surface area contributed by atoms with Crippen molar-refractivity contribution in [2.75, 3.05) is 13.7 Å². The summed E-state index contributed by atoms with van der Waals surface area (Å²) in [6, 6.07) is 0. The molecule has 0 aliphatic carbocycles. The molecule has 0 radical (unpaired) electrons. The highest BCUT2D eigenvalue weighted by molar-refractivity contribution is 6.77. The molecule has 0 amide bonds. The molecule has 0 unspecified atom stereocenters. The summed E-state index contributed by atoms with van der Waals surface area (Å²) in [6.45, 7) is -0.668. The minimum absolute atomic E-state index is 0.140. The van der Waals surface area contributed by atoms with Gasteiger partial charge in [0.1, 0.15) is 5.76 Å². The van der Waals surface area contributed by atoms with Gasteiger partial charge in [0.2, 0.25) is 11.6 Å². The molecule has 20 heavy (non-hydrogen) atoms. The van der Waals surface area contributed by atoms with Crippen molar-refractivity contribution in [2.45, 2.75) is 9.97 Å². The zero-order valence-electron chi connectivity index (χ0n) is 9.92. The molecule has 0 aromatic rings. The van der Waals surface area contributed by atoms with E-state index in [4.69, 9.17) is 40.6 Å². The number of nitrogens with zero attached hydrogens (tertiary/aromatic N) is 2. The lowest BCUT2D eigenvalue weighted by atomic mass is 10.3. The van der Waals surface area contributed by atoms with Gasteiger partial charge >= 0.3 is 6.18 Å². The average Bonchev–Trinajstić information content (AvgIpc) is 2.25. The van der Waals surface area contributed by atoms with Gasteiger partial charge in [-0.2, -0.15) is 18.3 Å². The van der Waals surface area contributed by atoms with Gasteiger partial charge < -0.3 is 10.6 Å². The van der Waals surface area contributed by atoms with Crippen LogP contribution in [0.2, 0.25) is 0 Å². The minimum Gasteiger partial charge on any atom is -0.499 e. The van der Waals surface area contributed by atoms with Crippen molar-refractivity contribution < 1.29 is 22.7 Å². The number of halogens is 6. The second-order valence-electron chi connectivity index (χ2n) is 3.26. The maximum atomic E-state index is 12.5. The first-order chi connectivity index (χ1) is 8.93. The second-order valence-corrected chi connectivity index (χ2v) is 5.54. The van der Waals surface area contributed by atoms with Crippen LogP contribution in [0.5, 0.6) is 0 Å². The molecule has 0 aromatic carbocycles. The highest BCUT2D eigenvalue weighted by Crippen LogP contribution is 2.28. The average molecular weight is 358 g/mol. The number of hydrazone groups is 1. The monoisotopic (exact) mass is 356 g/mol. The van der Waals surface area contributed by atoms with Gasteiger partial charge in [-0.25, -0.2) is 5.84 Å². The number of ketones is 1. The standard InChI is InChI=1S/C8H10Cl3F3N4O2/c1-20-4(2-5(19)7(9,10)11)3-18(16)6(17-15)8(12,13)14/h2H,3,15-16H2,1H3/b4-2+,17-6-. The van der Waals surface area contributed by atoms with Crippen LogP contribution >= 0.6 is 34.8 Å². The predicted octanol–water partition coefficient (Wildman–Crippen LogP) is 1.47. The molecular weight excluding hydrogens is 347 g/mol. The Hall–Kier alpha value is -0.900. The number of alkyl halides is 6. The lowest BCUT2D eigenvalue weighted by Gasteiger charge is -2.22. The van der Waals surface area contributed by atoms with Gasteiger partial charge in [0.05, 0.1) is 13.7 Å². The topological polar surface area (TPSA) is 93.9 Å². The van der Waals surface area contributed by atoms with Gasteiger partial charge in [-0.1, -0.05) is 34.8 Å². The summed E-state index contributed by atoms with van der Waals surface area (Å²) in [5.41, 5.74) is 0. The molecule has 0 saturated heterocycles. The van der Waals surface area contributed by atoms with E-state index in [1.165, 1.54) is 0 Å². The summed E-state index contributed by atoms with van der Waals surface area (Å²) in [6.07, 6.45) is -4.17. The molecule has 0 spiro atoms. The molecule has 0 aliphatic rings. The summed E-state index contributed by atoms with van der Waals surface area (Å²) in [7, 11) is 1.10. The fourth-order valence-electron chi connectivity index (χ4n) is 0.950. The van der Waals surface area contributed by atoms with E-state index in [-0.39, 0.29) is 10.8 Å². The smallest absolute Gasteiger partial charge is 0.452 e.